The lowest BCUT2D eigenvalue weighted by atomic mass is 10.2. The third-order valence-electron chi connectivity index (χ3n) is 2.87. The zero-order valence-corrected chi connectivity index (χ0v) is 16.2. The maximum atomic E-state index is 12.0. The molecule has 0 saturated carbocycles. The lowest BCUT2D eigenvalue weighted by Gasteiger charge is -2.19. The van der Waals surface area contributed by atoms with Crippen LogP contribution in [-0.4, -0.2) is 43.1 Å². The van der Waals surface area contributed by atoms with Gasteiger partial charge in [-0.1, -0.05) is 12.1 Å². The zero-order valence-electron chi connectivity index (χ0n) is 14.6. The van der Waals surface area contributed by atoms with Crippen LogP contribution in [0.15, 0.2) is 28.7 Å². The normalized spacial score (nSPS) is 10.7. The van der Waals surface area contributed by atoms with Crippen LogP contribution in [0.2, 0.25) is 0 Å². The van der Waals surface area contributed by atoms with E-state index in [2.05, 4.69) is 31.9 Å². The van der Waals surface area contributed by atoms with Crippen molar-refractivity contribution in [2.24, 2.45) is 0 Å². The number of hydrogen-bond acceptors (Lipinski definition) is 4. The first kappa shape index (κ1) is 21.0. The molecule has 7 nitrogen and oxygen atoms in total. The molecule has 3 N–H and O–H groups in total. The Morgan fingerprint density at radius 1 is 1.00 bits per heavy atom. The number of alkyl carbamates (subject to hydrolysis) is 1. The molecule has 1 aromatic rings. The molecular weight excluding hydrogens is 390 g/mol. The standard InChI is InChI=1S/C17H24BrN3O4/c1-17(2,3)25-16(24)21-9-8-14(22)19-10-11-20-15(23)12-6-4-5-7-13(12)18/h4-7H,8-11H2,1-3H3,(H,19,22)(H,20,23)(H,21,24). The van der Waals surface area contributed by atoms with Gasteiger partial charge in [0.1, 0.15) is 5.60 Å². The van der Waals surface area contributed by atoms with Crippen LogP contribution < -0.4 is 16.0 Å². The van der Waals surface area contributed by atoms with Crippen molar-refractivity contribution in [3.63, 3.8) is 0 Å². The van der Waals surface area contributed by atoms with Crippen molar-refractivity contribution in [1.29, 1.82) is 0 Å². The average molecular weight is 414 g/mol. The highest BCUT2D eigenvalue weighted by Gasteiger charge is 2.15. The van der Waals surface area contributed by atoms with Gasteiger partial charge in [0, 0.05) is 30.5 Å². The summed E-state index contributed by atoms with van der Waals surface area (Å²) in [7, 11) is 0. The van der Waals surface area contributed by atoms with Gasteiger partial charge in [-0.2, -0.15) is 0 Å². The Kier molecular flexibility index (Phi) is 8.40. The SMILES string of the molecule is CC(C)(C)OC(=O)NCCC(=O)NCCNC(=O)c1ccccc1Br. The van der Waals surface area contributed by atoms with Gasteiger partial charge in [0.15, 0.2) is 0 Å². The second-order valence-electron chi connectivity index (χ2n) is 6.26. The van der Waals surface area contributed by atoms with Gasteiger partial charge in [0.2, 0.25) is 5.91 Å². The molecule has 25 heavy (non-hydrogen) atoms. The fourth-order valence-electron chi connectivity index (χ4n) is 1.80. The molecule has 1 rings (SSSR count). The molecule has 8 heteroatoms. The van der Waals surface area contributed by atoms with E-state index >= 15 is 0 Å². The summed E-state index contributed by atoms with van der Waals surface area (Å²) in [5.41, 5.74) is -0.0337. The van der Waals surface area contributed by atoms with E-state index in [1.807, 2.05) is 6.07 Å². The highest BCUT2D eigenvalue weighted by atomic mass is 79.9. The van der Waals surface area contributed by atoms with E-state index in [9.17, 15) is 14.4 Å². The van der Waals surface area contributed by atoms with Gasteiger partial charge in [0.05, 0.1) is 5.56 Å². The van der Waals surface area contributed by atoms with Gasteiger partial charge in [-0.25, -0.2) is 4.79 Å². The molecule has 0 spiro atoms. The average Bonchev–Trinajstić information content (AvgIpc) is 2.50. The fraction of sp³-hybridized carbons (Fsp3) is 0.471. The summed E-state index contributed by atoms with van der Waals surface area (Å²) in [5, 5.41) is 7.90. The maximum absolute atomic E-state index is 12.0. The van der Waals surface area contributed by atoms with Crippen molar-refractivity contribution in [1.82, 2.24) is 16.0 Å². The van der Waals surface area contributed by atoms with E-state index in [0.29, 0.717) is 23.1 Å². The van der Waals surface area contributed by atoms with Gasteiger partial charge >= 0.3 is 6.09 Å². The summed E-state index contributed by atoms with van der Waals surface area (Å²) < 4.78 is 5.78. The van der Waals surface area contributed by atoms with Crippen LogP contribution in [0, 0.1) is 0 Å². The minimum absolute atomic E-state index is 0.136. The lowest BCUT2D eigenvalue weighted by Crippen LogP contribution is -2.37. The molecule has 0 aliphatic heterocycles. The quantitative estimate of drug-likeness (QED) is 0.596. The van der Waals surface area contributed by atoms with E-state index < -0.39 is 11.7 Å². The summed E-state index contributed by atoms with van der Waals surface area (Å²) in [6, 6.07) is 7.10. The van der Waals surface area contributed by atoms with Crippen LogP contribution in [0.3, 0.4) is 0 Å². The monoisotopic (exact) mass is 413 g/mol. The van der Waals surface area contributed by atoms with Gasteiger partial charge < -0.3 is 20.7 Å². The first-order valence-corrected chi connectivity index (χ1v) is 8.74. The number of carbonyl (C=O) groups is 3. The number of ether oxygens (including phenoxy) is 1. The van der Waals surface area contributed by atoms with Crippen molar-refractivity contribution in [3.8, 4) is 0 Å². The number of halogens is 1. The summed E-state index contributed by atoms with van der Waals surface area (Å²) in [6.07, 6.45) is -0.418. The third-order valence-corrected chi connectivity index (χ3v) is 3.56. The first-order chi connectivity index (χ1) is 11.7. The predicted octanol–water partition coefficient (Wildman–Crippen LogP) is 2.21. The van der Waals surface area contributed by atoms with Crippen molar-refractivity contribution in [2.75, 3.05) is 19.6 Å². The molecule has 0 heterocycles. The molecule has 0 unspecified atom stereocenters. The number of amides is 3. The Morgan fingerprint density at radius 2 is 1.64 bits per heavy atom. The molecule has 0 aliphatic carbocycles. The van der Waals surface area contributed by atoms with E-state index in [1.54, 1.807) is 39.0 Å². The van der Waals surface area contributed by atoms with Crippen molar-refractivity contribution >= 4 is 33.8 Å². The Balaban J connectivity index is 2.16. The highest BCUT2D eigenvalue weighted by Crippen LogP contribution is 2.15. The summed E-state index contributed by atoms with van der Waals surface area (Å²) in [4.78, 5) is 35.0. The van der Waals surface area contributed by atoms with Crippen LogP contribution in [0.4, 0.5) is 4.79 Å². The third kappa shape index (κ3) is 9.09. The Hall–Kier alpha value is -2.09. The van der Waals surface area contributed by atoms with E-state index in [0.717, 1.165) is 0 Å². The molecule has 0 radical (unpaired) electrons. The van der Waals surface area contributed by atoms with Crippen molar-refractivity contribution < 1.29 is 19.1 Å². The van der Waals surface area contributed by atoms with Crippen LogP contribution in [0.1, 0.15) is 37.6 Å². The van der Waals surface area contributed by atoms with Gasteiger partial charge in [-0.15, -0.1) is 0 Å². The minimum atomic E-state index is -0.571. The Morgan fingerprint density at radius 3 is 2.28 bits per heavy atom. The van der Waals surface area contributed by atoms with Crippen molar-refractivity contribution in [2.45, 2.75) is 32.8 Å². The molecule has 1 aromatic carbocycles. The number of hydrogen-bond donors (Lipinski definition) is 3. The molecule has 0 bridgehead atoms. The van der Waals surface area contributed by atoms with Crippen LogP contribution >= 0.6 is 15.9 Å². The van der Waals surface area contributed by atoms with Crippen LogP contribution in [0.5, 0.6) is 0 Å². The maximum Gasteiger partial charge on any atom is 0.407 e. The number of benzene rings is 1. The Labute approximate surface area is 156 Å². The summed E-state index contributed by atoms with van der Waals surface area (Å²) in [5.74, 6) is -0.431. The molecule has 0 aromatic heterocycles. The molecule has 0 atom stereocenters. The molecule has 3 amide bonds. The second-order valence-corrected chi connectivity index (χ2v) is 7.12. The molecule has 138 valence electrons. The summed E-state index contributed by atoms with van der Waals surface area (Å²) >= 11 is 3.31. The van der Waals surface area contributed by atoms with Gasteiger partial charge in [-0.3, -0.25) is 9.59 Å². The lowest BCUT2D eigenvalue weighted by molar-refractivity contribution is -0.120. The van der Waals surface area contributed by atoms with E-state index in [1.165, 1.54) is 0 Å². The molecule has 0 fully saturated rings. The zero-order chi connectivity index (χ0) is 18.9. The number of nitrogens with one attached hydrogen (secondary N) is 3. The minimum Gasteiger partial charge on any atom is -0.444 e. The Bertz CT molecular complexity index is 614. The molecule has 0 aliphatic rings. The topological polar surface area (TPSA) is 96.5 Å². The second kappa shape index (κ2) is 10.0. The van der Waals surface area contributed by atoms with Crippen LogP contribution in [0.25, 0.3) is 0 Å². The fourth-order valence-corrected chi connectivity index (χ4v) is 2.26. The van der Waals surface area contributed by atoms with Crippen LogP contribution in [-0.2, 0) is 9.53 Å². The predicted molar refractivity (Wildman–Crippen MR) is 98.3 cm³/mol. The number of carbonyl (C=O) groups excluding carboxylic acids is 3. The summed E-state index contributed by atoms with van der Waals surface area (Å²) in [6.45, 7) is 6.10. The molecular formula is C17H24BrN3O4. The van der Waals surface area contributed by atoms with Crippen molar-refractivity contribution in [3.05, 3.63) is 34.3 Å². The van der Waals surface area contributed by atoms with Gasteiger partial charge in [0.25, 0.3) is 5.91 Å². The first-order valence-electron chi connectivity index (χ1n) is 7.95. The number of rotatable bonds is 7. The van der Waals surface area contributed by atoms with E-state index in [4.69, 9.17) is 4.74 Å². The van der Waals surface area contributed by atoms with E-state index in [-0.39, 0.29) is 24.8 Å². The molecule has 0 saturated heterocycles. The van der Waals surface area contributed by atoms with Gasteiger partial charge in [-0.05, 0) is 48.8 Å². The smallest absolute Gasteiger partial charge is 0.407 e. The highest BCUT2D eigenvalue weighted by molar-refractivity contribution is 9.10. The largest absolute Gasteiger partial charge is 0.444 e.